The molecule has 88 valence electrons. The van der Waals surface area contributed by atoms with Crippen molar-refractivity contribution in [1.82, 2.24) is 0 Å². The Morgan fingerprint density at radius 2 is 2.24 bits per heavy atom. The third-order valence-corrected chi connectivity index (χ3v) is 4.10. The van der Waals surface area contributed by atoms with Gasteiger partial charge in [-0.3, -0.25) is 0 Å². The molecule has 0 radical (unpaired) electrons. The quantitative estimate of drug-likeness (QED) is 0.690. The normalized spacial score (nSPS) is 37.8. The zero-order valence-corrected chi connectivity index (χ0v) is 9.54. The fourth-order valence-corrected chi connectivity index (χ4v) is 3.33. The van der Waals surface area contributed by atoms with Gasteiger partial charge in [0.15, 0.2) is 5.72 Å². The zero-order valence-electron chi connectivity index (χ0n) is 9.54. The van der Waals surface area contributed by atoms with Crippen LogP contribution in [0.1, 0.15) is 24.5 Å². The number of anilines is 1. The summed E-state index contributed by atoms with van der Waals surface area (Å²) in [5.41, 5.74) is 2.05. The van der Waals surface area contributed by atoms with E-state index in [1.54, 1.807) is 0 Å². The highest BCUT2D eigenvalue weighted by atomic mass is 16.5. The maximum absolute atomic E-state index is 10.1. The van der Waals surface area contributed by atoms with E-state index in [1.165, 1.54) is 5.69 Å². The number of benzene rings is 1. The molecule has 0 saturated carbocycles. The summed E-state index contributed by atoms with van der Waals surface area (Å²) in [5.74, 6) is 0. The van der Waals surface area contributed by atoms with E-state index in [0.717, 1.165) is 24.9 Å². The van der Waals surface area contributed by atoms with Crippen molar-refractivity contribution >= 4 is 5.69 Å². The fourth-order valence-electron chi connectivity index (χ4n) is 3.33. The van der Waals surface area contributed by atoms with Crippen LogP contribution >= 0.6 is 0 Å². The molecule has 1 aromatic carbocycles. The lowest BCUT2D eigenvalue weighted by Crippen LogP contribution is -2.53. The SMILES string of the molecule is O[C@@H]1C=C[C@]23CCCN2c2ccccc2[C@H]1O3. The van der Waals surface area contributed by atoms with Gasteiger partial charge < -0.3 is 14.7 Å². The highest BCUT2D eigenvalue weighted by Gasteiger charge is 2.50. The Morgan fingerprint density at radius 1 is 1.35 bits per heavy atom. The van der Waals surface area contributed by atoms with Crippen LogP contribution in [0.3, 0.4) is 0 Å². The highest BCUT2D eigenvalue weighted by molar-refractivity contribution is 5.61. The third-order valence-electron chi connectivity index (χ3n) is 4.10. The molecule has 0 aliphatic carbocycles. The molecule has 0 unspecified atom stereocenters. The molecule has 3 nitrogen and oxygen atoms in total. The van der Waals surface area contributed by atoms with Crippen LogP contribution in [-0.2, 0) is 4.74 Å². The number of aliphatic hydroxyl groups excluding tert-OH is 1. The van der Waals surface area contributed by atoms with Crippen LogP contribution < -0.4 is 4.90 Å². The molecule has 0 aromatic heterocycles. The lowest BCUT2D eigenvalue weighted by molar-refractivity contribution is -0.118. The van der Waals surface area contributed by atoms with Crippen molar-refractivity contribution in [2.45, 2.75) is 30.8 Å². The van der Waals surface area contributed by atoms with Gasteiger partial charge in [-0.2, -0.15) is 0 Å². The van der Waals surface area contributed by atoms with Gasteiger partial charge in [0.25, 0.3) is 0 Å². The summed E-state index contributed by atoms with van der Waals surface area (Å²) >= 11 is 0. The minimum absolute atomic E-state index is 0.203. The molecular formula is C14H15NO2. The Labute approximate surface area is 100 Å². The molecule has 17 heavy (non-hydrogen) atoms. The summed E-state index contributed by atoms with van der Waals surface area (Å²) < 4.78 is 6.16. The number of hydrogen-bond acceptors (Lipinski definition) is 3. The summed E-state index contributed by atoms with van der Waals surface area (Å²) in [4.78, 5) is 2.33. The van der Waals surface area contributed by atoms with E-state index in [2.05, 4.69) is 23.1 Å². The van der Waals surface area contributed by atoms with E-state index < -0.39 is 6.10 Å². The minimum Gasteiger partial charge on any atom is -0.386 e. The number of hydrogen-bond donors (Lipinski definition) is 1. The molecule has 3 atom stereocenters. The van der Waals surface area contributed by atoms with Crippen molar-refractivity contribution in [3.8, 4) is 0 Å². The first-order valence-corrected chi connectivity index (χ1v) is 6.22. The summed E-state index contributed by atoms with van der Waals surface area (Å²) in [5, 5.41) is 10.1. The van der Waals surface area contributed by atoms with E-state index in [-0.39, 0.29) is 11.8 Å². The van der Waals surface area contributed by atoms with Crippen molar-refractivity contribution in [3.05, 3.63) is 42.0 Å². The minimum atomic E-state index is -0.524. The second kappa shape index (κ2) is 3.12. The Kier molecular flexibility index (Phi) is 1.78. The van der Waals surface area contributed by atoms with Gasteiger partial charge in [-0.15, -0.1) is 0 Å². The molecule has 4 rings (SSSR count). The molecule has 3 heteroatoms. The van der Waals surface area contributed by atoms with Crippen LogP contribution in [0.5, 0.6) is 0 Å². The first kappa shape index (κ1) is 9.68. The number of para-hydroxylation sites is 1. The molecule has 1 aromatic rings. The molecule has 1 N–H and O–H groups in total. The lowest BCUT2D eigenvalue weighted by atomic mass is 9.92. The molecule has 1 spiro atoms. The van der Waals surface area contributed by atoms with Gasteiger partial charge in [0.05, 0.1) is 0 Å². The summed E-state index contributed by atoms with van der Waals surface area (Å²) in [6.07, 6.45) is 5.36. The predicted octanol–water partition coefficient (Wildman–Crippen LogP) is 1.99. The number of rotatable bonds is 0. The predicted molar refractivity (Wildman–Crippen MR) is 64.7 cm³/mol. The van der Waals surface area contributed by atoms with E-state index in [0.29, 0.717) is 0 Å². The van der Waals surface area contributed by atoms with Crippen LogP contribution in [0.25, 0.3) is 0 Å². The van der Waals surface area contributed by atoms with Crippen molar-refractivity contribution < 1.29 is 9.84 Å². The highest BCUT2D eigenvalue weighted by Crippen LogP contribution is 2.50. The van der Waals surface area contributed by atoms with Crippen molar-refractivity contribution in [2.75, 3.05) is 11.4 Å². The Morgan fingerprint density at radius 3 is 3.18 bits per heavy atom. The van der Waals surface area contributed by atoms with Crippen molar-refractivity contribution in [1.29, 1.82) is 0 Å². The summed E-state index contributed by atoms with van der Waals surface area (Å²) in [6, 6.07) is 8.26. The molecule has 3 aliphatic rings. The van der Waals surface area contributed by atoms with Gasteiger partial charge in [0.2, 0.25) is 0 Å². The smallest absolute Gasteiger partial charge is 0.161 e. The van der Waals surface area contributed by atoms with Gasteiger partial charge >= 0.3 is 0 Å². The maximum Gasteiger partial charge on any atom is 0.161 e. The van der Waals surface area contributed by atoms with Gasteiger partial charge in [-0.05, 0) is 18.6 Å². The molecule has 1 saturated heterocycles. The van der Waals surface area contributed by atoms with Crippen LogP contribution in [0.15, 0.2) is 36.4 Å². The third kappa shape index (κ3) is 1.13. The van der Waals surface area contributed by atoms with Gasteiger partial charge in [-0.1, -0.05) is 24.3 Å². The Hall–Kier alpha value is -1.32. The molecule has 2 bridgehead atoms. The number of fused-ring (bicyclic) bond motifs is 4. The van der Waals surface area contributed by atoms with Crippen LogP contribution in [0.2, 0.25) is 0 Å². The second-order valence-corrected chi connectivity index (χ2v) is 5.05. The maximum atomic E-state index is 10.1. The number of nitrogens with zero attached hydrogens (tertiary/aromatic N) is 1. The Bertz CT molecular complexity index is 499. The van der Waals surface area contributed by atoms with Crippen molar-refractivity contribution in [2.24, 2.45) is 0 Å². The first-order valence-electron chi connectivity index (χ1n) is 6.22. The van der Waals surface area contributed by atoms with E-state index >= 15 is 0 Å². The number of aliphatic hydroxyl groups is 1. The van der Waals surface area contributed by atoms with Gasteiger partial charge in [0.1, 0.15) is 12.2 Å². The van der Waals surface area contributed by atoms with Gasteiger partial charge in [-0.25, -0.2) is 0 Å². The lowest BCUT2D eigenvalue weighted by Gasteiger charge is -2.49. The topological polar surface area (TPSA) is 32.7 Å². The van der Waals surface area contributed by atoms with Crippen LogP contribution in [0.4, 0.5) is 5.69 Å². The second-order valence-electron chi connectivity index (χ2n) is 5.05. The summed E-state index contributed by atoms with van der Waals surface area (Å²) in [7, 11) is 0. The van der Waals surface area contributed by atoms with Crippen molar-refractivity contribution in [3.63, 3.8) is 0 Å². The average Bonchev–Trinajstić information content (AvgIpc) is 2.78. The molecule has 0 amide bonds. The molecule has 3 aliphatic heterocycles. The first-order chi connectivity index (χ1) is 8.30. The monoisotopic (exact) mass is 229 g/mol. The molecular weight excluding hydrogens is 214 g/mol. The molecule has 1 fully saturated rings. The number of ether oxygens (including phenoxy) is 1. The standard InChI is InChI=1S/C14H15NO2/c16-12-6-8-14-7-3-9-15(14)11-5-2-1-4-10(11)13(12)17-14/h1-2,4-6,8,12-13,16H,3,7,9H2/t12-,13-,14-/m1/s1. The fraction of sp³-hybridized carbons (Fsp3) is 0.429. The van der Waals surface area contributed by atoms with E-state index in [9.17, 15) is 5.11 Å². The molecule has 3 heterocycles. The Balaban J connectivity index is 1.96. The largest absolute Gasteiger partial charge is 0.386 e. The van der Waals surface area contributed by atoms with Gasteiger partial charge in [0, 0.05) is 24.2 Å². The van der Waals surface area contributed by atoms with E-state index in [1.807, 2.05) is 18.2 Å². The van der Waals surface area contributed by atoms with E-state index in [4.69, 9.17) is 4.74 Å². The van der Waals surface area contributed by atoms with Crippen LogP contribution in [-0.4, -0.2) is 23.5 Å². The summed E-state index contributed by atoms with van der Waals surface area (Å²) in [6.45, 7) is 1.03. The average molecular weight is 229 g/mol. The van der Waals surface area contributed by atoms with Crippen LogP contribution in [0, 0.1) is 0 Å². The zero-order chi connectivity index (χ0) is 11.5.